The maximum Gasteiger partial charge on any atom is 0.141 e. The zero-order valence-corrected chi connectivity index (χ0v) is 17.3. The van der Waals surface area contributed by atoms with Crippen molar-refractivity contribution < 1.29 is 8.78 Å². The van der Waals surface area contributed by atoms with Crippen LogP contribution in [0, 0.1) is 34.8 Å². The van der Waals surface area contributed by atoms with Crippen LogP contribution in [0.2, 0.25) is 0 Å². The number of fused-ring (bicyclic) bond motifs is 1. The quantitative estimate of drug-likeness (QED) is 0.254. The standard InChI is InChI=1S/C29H19F2N/c1-2-3-4-20-5-7-21(8-6-20)9-10-22-11-15-26-23(17-22)14-16-27(29(26)31)24-12-13-25(19-32)28(30)18-24/h2,5-8,11-18H,1,3-4H2. The lowest BCUT2D eigenvalue weighted by atomic mass is 9.98. The summed E-state index contributed by atoms with van der Waals surface area (Å²) in [6.45, 7) is 3.74. The second kappa shape index (κ2) is 9.29. The minimum Gasteiger partial charge on any atom is -0.206 e. The smallest absolute Gasteiger partial charge is 0.141 e. The highest BCUT2D eigenvalue weighted by Gasteiger charge is 2.12. The number of hydrogen-bond acceptors (Lipinski definition) is 1. The number of allylic oxidation sites excluding steroid dienone is 1. The first-order chi connectivity index (χ1) is 15.6. The topological polar surface area (TPSA) is 23.8 Å². The summed E-state index contributed by atoms with van der Waals surface area (Å²) in [7, 11) is 0. The molecule has 0 aliphatic rings. The van der Waals surface area contributed by atoms with Gasteiger partial charge >= 0.3 is 0 Å². The number of rotatable bonds is 4. The van der Waals surface area contributed by atoms with Gasteiger partial charge in [0.05, 0.1) is 5.56 Å². The lowest BCUT2D eigenvalue weighted by Gasteiger charge is -2.08. The van der Waals surface area contributed by atoms with Crippen LogP contribution in [-0.2, 0) is 6.42 Å². The molecule has 4 aromatic rings. The van der Waals surface area contributed by atoms with Crippen LogP contribution in [0.15, 0.2) is 85.5 Å². The van der Waals surface area contributed by atoms with Crippen molar-refractivity contribution in [2.75, 3.05) is 0 Å². The van der Waals surface area contributed by atoms with E-state index in [0.717, 1.165) is 24.0 Å². The number of benzene rings is 4. The summed E-state index contributed by atoms with van der Waals surface area (Å²) in [5, 5.41) is 10.0. The first-order valence-electron chi connectivity index (χ1n) is 10.2. The Morgan fingerprint density at radius 3 is 2.31 bits per heavy atom. The summed E-state index contributed by atoms with van der Waals surface area (Å²) in [6, 6.07) is 22.7. The van der Waals surface area contributed by atoms with E-state index in [1.807, 2.05) is 24.3 Å². The molecule has 0 aliphatic carbocycles. The molecule has 0 fully saturated rings. The van der Waals surface area contributed by atoms with Gasteiger partial charge in [0.2, 0.25) is 0 Å². The van der Waals surface area contributed by atoms with Gasteiger partial charge in [-0.05, 0) is 65.8 Å². The van der Waals surface area contributed by atoms with Crippen molar-refractivity contribution in [3.05, 3.63) is 119 Å². The fourth-order valence-electron chi connectivity index (χ4n) is 3.53. The number of nitrogens with zero attached hydrogens (tertiary/aromatic N) is 1. The average Bonchev–Trinajstić information content (AvgIpc) is 2.82. The predicted molar refractivity (Wildman–Crippen MR) is 125 cm³/mol. The van der Waals surface area contributed by atoms with Gasteiger partial charge in [-0.3, -0.25) is 0 Å². The SMILES string of the molecule is C=CCCc1ccc(C#Cc2ccc3c(F)c(-c4ccc(C#N)c(F)c4)ccc3c2)cc1. The summed E-state index contributed by atoms with van der Waals surface area (Å²) in [4.78, 5) is 0. The Kier molecular flexibility index (Phi) is 6.11. The molecule has 154 valence electrons. The van der Waals surface area contributed by atoms with Crippen LogP contribution in [0.4, 0.5) is 8.78 Å². The van der Waals surface area contributed by atoms with Gasteiger partial charge < -0.3 is 0 Å². The van der Waals surface area contributed by atoms with Crippen molar-refractivity contribution in [3.63, 3.8) is 0 Å². The average molecular weight is 419 g/mol. The van der Waals surface area contributed by atoms with Crippen LogP contribution in [-0.4, -0.2) is 0 Å². The molecule has 0 unspecified atom stereocenters. The lowest BCUT2D eigenvalue weighted by molar-refractivity contribution is 0.623. The molecule has 0 saturated carbocycles. The van der Waals surface area contributed by atoms with Crippen LogP contribution in [0.25, 0.3) is 21.9 Å². The molecule has 0 radical (unpaired) electrons. The normalized spacial score (nSPS) is 10.3. The third-order valence-electron chi connectivity index (χ3n) is 5.30. The summed E-state index contributed by atoms with van der Waals surface area (Å²) < 4.78 is 29.1. The van der Waals surface area contributed by atoms with E-state index in [2.05, 4.69) is 30.6 Å². The number of nitriles is 1. The van der Waals surface area contributed by atoms with Gasteiger partial charge in [0.1, 0.15) is 17.7 Å². The van der Waals surface area contributed by atoms with Crippen molar-refractivity contribution in [2.45, 2.75) is 12.8 Å². The van der Waals surface area contributed by atoms with Gasteiger partial charge in [-0.1, -0.05) is 54.3 Å². The predicted octanol–water partition coefficient (Wildman–Crippen LogP) is 7.18. The Morgan fingerprint density at radius 1 is 0.844 bits per heavy atom. The molecule has 0 spiro atoms. The number of aryl methyl sites for hydroxylation is 1. The molecule has 4 rings (SSSR count). The molecule has 0 N–H and O–H groups in total. The summed E-state index contributed by atoms with van der Waals surface area (Å²) in [5.41, 5.74) is 3.55. The van der Waals surface area contributed by atoms with Crippen LogP contribution >= 0.6 is 0 Å². The molecule has 0 bridgehead atoms. The Hall–Kier alpha value is -4.21. The Bertz CT molecular complexity index is 1410. The van der Waals surface area contributed by atoms with Gasteiger partial charge in [0.25, 0.3) is 0 Å². The monoisotopic (exact) mass is 419 g/mol. The molecule has 32 heavy (non-hydrogen) atoms. The maximum absolute atomic E-state index is 15.1. The van der Waals surface area contributed by atoms with Crippen LogP contribution in [0.5, 0.6) is 0 Å². The van der Waals surface area contributed by atoms with E-state index < -0.39 is 11.6 Å². The highest BCUT2D eigenvalue weighted by atomic mass is 19.1. The highest BCUT2D eigenvalue weighted by molar-refractivity contribution is 5.89. The molecule has 4 aromatic carbocycles. The molecular formula is C29H19F2N. The summed E-state index contributed by atoms with van der Waals surface area (Å²) in [5.74, 6) is 5.19. The molecule has 0 aliphatic heterocycles. The van der Waals surface area contributed by atoms with Crippen molar-refractivity contribution in [1.82, 2.24) is 0 Å². The highest BCUT2D eigenvalue weighted by Crippen LogP contribution is 2.30. The van der Waals surface area contributed by atoms with Crippen molar-refractivity contribution in [1.29, 1.82) is 5.26 Å². The molecule has 0 heterocycles. The number of hydrogen-bond donors (Lipinski definition) is 0. The van der Waals surface area contributed by atoms with Gasteiger partial charge in [-0.2, -0.15) is 5.26 Å². The van der Waals surface area contributed by atoms with E-state index in [4.69, 9.17) is 5.26 Å². The minimum atomic E-state index is -0.663. The van der Waals surface area contributed by atoms with Gasteiger partial charge in [-0.25, -0.2) is 8.78 Å². The Morgan fingerprint density at radius 2 is 1.59 bits per heavy atom. The Labute approximate surface area is 186 Å². The third-order valence-corrected chi connectivity index (χ3v) is 5.30. The Balaban J connectivity index is 1.62. The van der Waals surface area contributed by atoms with E-state index in [1.54, 1.807) is 36.4 Å². The molecule has 0 atom stereocenters. The second-order valence-corrected chi connectivity index (χ2v) is 7.44. The zero-order valence-electron chi connectivity index (χ0n) is 17.3. The minimum absolute atomic E-state index is 0.0652. The first kappa shape index (κ1) is 21.0. The molecule has 1 nitrogen and oxygen atoms in total. The molecule has 0 aromatic heterocycles. The zero-order chi connectivity index (χ0) is 22.5. The van der Waals surface area contributed by atoms with E-state index in [-0.39, 0.29) is 11.1 Å². The third kappa shape index (κ3) is 4.43. The fraction of sp³-hybridized carbons (Fsp3) is 0.0690. The second-order valence-electron chi connectivity index (χ2n) is 7.44. The van der Waals surface area contributed by atoms with Crippen molar-refractivity contribution >= 4 is 10.8 Å². The summed E-state index contributed by atoms with van der Waals surface area (Å²) in [6.07, 6.45) is 3.81. The van der Waals surface area contributed by atoms with E-state index >= 15 is 4.39 Å². The van der Waals surface area contributed by atoms with Gasteiger partial charge in [0.15, 0.2) is 0 Å². The van der Waals surface area contributed by atoms with E-state index in [1.165, 1.54) is 17.7 Å². The molecule has 0 saturated heterocycles. The largest absolute Gasteiger partial charge is 0.206 e. The van der Waals surface area contributed by atoms with Crippen LogP contribution in [0.1, 0.15) is 28.7 Å². The van der Waals surface area contributed by atoms with Crippen LogP contribution in [0.3, 0.4) is 0 Å². The van der Waals surface area contributed by atoms with Crippen molar-refractivity contribution in [2.24, 2.45) is 0 Å². The molecule has 3 heteroatoms. The van der Waals surface area contributed by atoms with Crippen molar-refractivity contribution in [3.8, 4) is 29.0 Å². The van der Waals surface area contributed by atoms with E-state index in [9.17, 15) is 4.39 Å². The number of halogens is 2. The molecular weight excluding hydrogens is 400 g/mol. The first-order valence-corrected chi connectivity index (χ1v) is 10.2. The van der Waals surface area contributed by atoms with Crippen LogP contribution < -0.4 is 0 Å². The van der Waals surface area contributed by atoms with Gasteiger partial charge in [0, 0.05) is 22.1 Å². The maximum atomic E-state index is 15.1. The fourth-order valence-corrected chi connectivity index (χ4v) is 3.53. The van der Waals surface area contributed by atoms with Gasteiger partial charge in [-0.15, -0.1) is 6.58 Å². The van der Waals surface area contributed by atoms with E-state index in [0.29, 0.717) is 16.3 Å². The molecule has 0 amide bonds. The lowest BCUT2D eigenvalue weighted by Crippen LogP contribution is -1.90. The summed E-state index contributed by atoms with van der Waals surface area (Å²) >= 11 is 0.